The van der Waals surface area contributed by atoms with Gasteiger partial charge in [-0.15, -0.1) is 0 Å². The van der Waals surface area contributed by atoms with Crippen LogP contribution in [0.15, 0.2) is 36.8 Å². The molecular weight excluding hydrogens is 242 g/mol. The van der Waals surface area contributed by atoms with E-state index < -0.39 is 5.54 Å². The number of nitrogens with zero attached hydrogens (tertiary/aromatic N) is 3. The monoisotopic (exact) mass is 259 g/mol. The van der Waals surface area contributed by atoms with Gasteiger partial charge >= 0.3 is 0 Å². The molecule has 0 spiro atoms. The van der Waals surface area contributed by atoms with Crippen molar-refractivity contribution in [3.8, 4) is 5.82 Å². The number of nitrogens with two attached hydrogens (primary N) is 1. The number of hydrogen-bond donors (Lipinski definition) is 2. The lowest BCUT2D eigenvalue weighted by molar-refractivity contribution is -0.120. The van der Waals surface area contributed by atoms with Gasteiger partial charge in [-0.2, -0.15) is 5.10 Å². The van der Waals surface area contributed by atoms with Crippen LogP contribution in [0, 0.1) is 0 Å². The maximum Gasteiger partial charge on any atom is 0.244 e. The second kappa shape index (κ2) is 5.19. The minimum atomic E-state index is -0.906. The minimum Gasteiger partial charge on any atom is -0.321 e. The van der Waals surface area contributed by atoms with Crippen molar-refractivity contribution in [2.45, 2.75) is 25.8 Å². The number of amides is 1. The first-order valence-electron chi connectivity index (χ1n) is 6.10. The van der Waals surface area contributed by atoms with E-state index in [1.807, 2.05) is 6.92 Å². The van der Waals surface area contributed by atoms with Gasteiger partial charge in [0.15, 0.2) is 5.82 Å². The molecule has 2 heterocycles. The molecule has 2 aromatic heterocycles. The summed E-state index contributed by atoms with van der Waals surface area (Å²) in [4.78, 5) is 16.3. The van der Waals surface area contributed by atoms with Crippen molar-refractivity contribution in [2.24, 2.45) is 5.73 Å². The Kier molecular flexibility index (Phi) is 3.62. The number of carbonyl (C=O) groups is 1. The zero-order valence-corrected chi connectivity index (χ0v) is 11.0. The van der Waals surface area contributed by atoms with Crippen LogP contribution < -0.4 is 11.1 Å². The Morgan fingerprint density at radius 2 is 2.26 bits per heavy atom. The number of carbonyl (C=O) groups excluding carboxylic acids is 1. The molecule has 0 aliphatic rings. The fourth-order valence-corrected chi connectivity index (χ4v) is 1.50. The summed E-state index contributed by atoms with van der Waals surface area (Å²) in [6.45, 7) is 3.57. The molecule has 6 nitrogen and oxygen atoms in total. The topological polar surface area (TPSA) is 85.8 Å². The van der Waals surface area contributed by atoms with Crippen LogP contribution in [0.25, 0.3) is 5.82 Å². The van der Waals surface area contributed by atoms with Gasteiger partial charge in [0.1, 0.15) is 0 Å². The summed E-state index contributed by atoms with van der Waals surface area (Å²) in [7, 11) is 0. The lowest BCUT2D eigenvalue weighted by atomic mass is 9.99. The molecule has 2 aromatic rings. The van der Waals surface area contributed by atoms with Crippen molar-refractivity contribution in [2.75, 3.05) is 5.32 Å². The van der Waals surface area contributed by atoms with E-state index >= 15 is 0 Å². The number of pyridine rings is 1. The van der Waals surface area contributed by atoms with Crippen molar-refractivity contribution in [1.29, 1.82) is 0 Å². The summed E-state index contributed by atoms with van der Waals surface area (Å²) in [5.74, 6) is 0.323. The van der Waals surface area contributed by atoms with Gasteiger partial charge in [-0.05, 0) is 31.5 Å². The Morgan fingerprint density at radius 1 is 1.47 bits per heavy atom. The van der Waals surface area contributed by atoms with Gasteiger partial charge in [0.05, 0.1) is 11.2 Å². The summed E-state index contributed by atoms with van der Waals surface area (Å²) < 4.78 is 1.59. The highest BCUT2D eigenvalue weighted by atomic mass is 16.2. The summed E-state index contributed by atoms with van der Waals surface area (Å²) in [5, 5.41) is 6.91. The molecule has 6 heteroatoms. The first-order valence-corrected chi connectivity index (χ1v) is 6.10. The molecule has 0 bridgehead atoms. The molecule has 1 atom stereocenters. The molecule has 0 aromatic carbocycles. The second-order valence-electron chi connectivity index (χ2n) is 4.55. The Labute approximate surface area is 111 Å². The quantitative estimate of drug-likeness (QED) is 0.867. The lowest BCUT2D eigenvalue weighted by Gasteiger charge is -2.22. The normalized spacial score (nSPS) is 13.8. The number of rotatable bonds is 4. The molecule has 0 saturated heterocycles. The van der Waals surface area contributed by atoms with E-state index in [0.29, 0.717) is 17.9 Å². The third-order valence-corrected chi connectivity index (χ3v) is 3.01. The van der Waals surface area contributed by atoms with E-state index in [2.05, 4.69) is 15.4 Å². The average molecular weight is 259 g/mol. The predicted molar refractivity (Wildman–Crippen MR) is 72.9 cm³/mol. The van der Waals surface area contributed by atoms with Gasteiger partial charge in [-0.3, -0.25) is 4.79 Å². The molecule has 2 rings (SSSR count). The predicted octanol–water partition coefficient (Wildman–Crippen LogP) is 1.33. The maximum atomic E-state index is 12.1. The smallest absolute Gasteiger partial charge is 0.244 e. The van der Waals surface area contributed by atoms with Gasteiger partial charge in [-0.25, -0.2) is 9.67 Å². The fraction of sp³-hybridized carbons (Fsp3) is 0.308. The second-order valence-corrected chi connectivity index (χ2v) is 4.55. The van der Waals surface area contributed by atoms with Gasteiger partial charge in [0.25, 0.3) is 0 Å². The lowest BCUT2D eigenvalue weighted by Crippen LogP contribution is -2.47. The standard InChI is InChI=1S/C13H17N5O/c1-3-13(2,14)12(19)17-10-6-4-7-15-11(10)18-9-5-8-16-18/h4-9H,3,14H2,1-2H3,(H,17,19). The van der Waals surface area contributed by atoms with Gasteiger partial charge in [0, 0.05) is 18.6 Å². The van der Waals surface area contributed by atoms with Crippen LogP contribution in [0.2, 0.25) is 0 Å². The van der Waals surface area contributed by atoms with Crippen molar-refractivity contribution in [3.05, 3.63) is 36.8 Å². The molecule has 0 radical (unpaired) electrons. The molecule has 1 amide bonds. The molecule has 0 fully saturated rings. The van der Waals surface area contributed by atoms with E-state index in [1.54, 1.807) is 48.4 Å². The van der Waals surface area contributed by atoms with Crippen molar-refractivity contribution in [1.82, 2.24) is 14.8 Å². The van der Waals surface area contributed by atoms with Gasteiger partial charge in [-0.1, -0.05) is 6.92 Å². The van der Waals surface area contributed by atoms with Crippen LogP contribution in [0.4, 0.5) is 5.69 Å². The molecular formula is C13H17N5O. The molecule has 1 unspecified atom stereocenters. The van der Waals surface area contributed by atoms with Gasteiger partial charge in [0.2, 0.25) is 5.91 Å². The van der Waals surface area contributed by atoms with Crippen LogP contribution in [0.5, 0.6) is 0 Å². The molecule has 0 saturated carbocycles. The Balaban J connectivity index is 2.29. The summed E-state index contributed by atoms with van der Waals surface area (Å²) in [5.41, 5.74) is 5.60. The zero-order chi connectivity index (χ0) is 13.9. The van der Waals surface area contributed by atoms with E-state index in [4.69, 9.17) is 5.73 Å². The third-order valence-electron chi connectivity index (χ3n) is 3.01. The number of nitrogens with one attached hydrogen (secondary N) is 1. The van der Waals surface area contributed by atoms with E-state index in [-0.39, 0.29) is 5.91 Å². The minimum absolute atomic E-state index is 0.239. The number of anilines is 1. The summed E-state index contributed by atoms with van der Waals surface area (Å²) >= 11 is 0. The largest absolute Gasteiger partial charge is 0.321 e. The molecule has 100 valence electrons. The molecule has 0 aliphatic heterocycles. The molecule has 0 aliphatic carbocycles. The zero-order valence-electron chi connectivity index (χ0n) is 11.0. The Hall–Kier alpha value is -2.21. The van der Waals surface area contributed by atoms with Crippen molar-refractivity contribution in [3.63, 3.8) is 0 Å². The Morgan fingerprint density at radius 3 is 2.89 bits per heavy atom. The highest BCUT2D eigenvalue weighted by Crippen LogP contribution is 2.18. The van der Waals surface area contributed by atoms with E-state index in [0.717, 1.165) is 0 Å². The van der Waals surface area contributed by atoms with Crippen molar-refractivity contribution >= 4 is 11.6 Å². The third kappa shape index (κ3) is 2.79. The molecule has 19 heavy (non-hydrogen) atoms. The first-order chi connectivity index (χ1) is 9.04. The van der Waals surface area contributed by atoms with Crippen LogP contribution >= 0.6 is 0 Å². The SMILES string of the molecule is CCC(C)(N)C(=O)Nc1cccnc1-n1cccn1. The highest BCUT2D eigenvalue weighted by Gasteiger charge is 2.26. The van der Waals surface area contributed by atoms with Gasteiger partial charge < -0.3 is 11.1 Å². The number of aromatic nitrogens is 3. The van der Waals surface area contributed by atoms with Crippen LogP contribution in [-0.2, 0) is 4.79 Å². The maximum absolute atomic E-state index is 12.1. The van der Waals surface area contributed by atoms with Crippen LogP contribution in [-0.4, -0.2) is 26.2 Å². The molecule has 3 N–H and O–H groups in total. The highest BCUT2D eigenvalue weighted by molar-refractivity contribution is 5.98. The average Bonchev–Trinajstić information content (AvgIpc) is 2.93. The summed E-state index contributed by atoms with van der Waals surface area (Å²) in [6, 6.07) is 5.31. The first kappa shape index (κ1) is 13.2. The van der Waals surface area contributed by atoms with Crippen LogP contribution in [0.3, 0.4) is 0 Å². The summed E-state index contributed by atoms with van der Waals surface area (Å²) in [6.07, 6.45) is 5.61. The fourth-order valence-electron chi connectivity index (χ4n) is 1.50. The van der Waals surface area contributed by atoms with Crippen molar-refractivity contribution < 1.29 is 4.79 Å². The number of hydrogen-bond acceptors (Lipinski definition) is 4. The Bertz CT molecular complexity index is 562. The van der Waals surface area contributed by atoms with Crippen LogP contribution in [0.1, 0.15) is 20.3 Å². The van der Waals surface area contributed by atoms with E-state index in [1.165, 1.54) is 0 Å². The van der Waals surface area contributed by atoms with E-state index in [9.17, 15) is 4.79 Å².